The number of carbonyl (C=O) groups excluding carboxylic acids is 1. The Morgan fingerprint density at radius 1 is 0.926 bits per heavy atom. The summed E-state index contributed by atoms with van der Waals surface area (Å²) in [6.45, 7) is 4.15. The van der Waals surface area contributed by atoms with Crippen LogP contribution in [0.5, 0.6) is 11.5 Å². The molecule has 7 nitrogen and oxygen atoms in total. The Kier molecular flexibility index (Phi) is 6.03. The van der Waals surface area contributed by atoms with Gasteiger partial charge in [0.2, 0.25) is 0 Å². The number of amides is 2. The number of carbonyl (C=O) groups is 1. The quantitative estimate of drug-likeness (QED) is 0.847. The summed E-state index contributed by atoms with van der Waals surface area (Å²) in [5, 5.41) is 5.64. The maximum atomic E-state index is 12.3. The van der Waals surface area contributed by atoms with Gasteiger partial charge in [-0.25, -0.2) is 4.79 Å². The normalized spacial score (nSPS) is 14.6. The Bertz CT molecular complexity index is 771. The van der Waals surface area contributed by atoms with Crippen LogP contribution in [0.25, 0.3) is 0 Å². The lowest BCUT2D eigenvalue weighted by atomic mass is 10.2. The number of hydrogen-bond acceptors (Lipinski definition) is 5. The zero-order valence-electron chi connectivity index (χ0n) is 16.0. The number of urea groups is 1. The number of nitrogens with zero attached hydrogens (tertiary/aromatic N) is 2. The van der Waals surface area contributed by atoms with Crippen LogP contribution < -0.4 is 25.0 Å². The van der Waals surface area contributed by atoms with Crippen LogP contribution in [0.1, 0.15) is 0 Å². The average molecular weight is 370 g/mol. The van der Waals surface area contributed by atoms with Crippen molar-refractivity contribution < 1.29 is 14.3 Å². The smallest absolute Gasteiger partial charge is 0.323 e. The Labute approximate surface area is 159 Å². The fraction of sp³-hybridized carbons (Fsp3) is 0.350. The second kappa shape index (κ2) is 8.64. The number of methoxy groups -OCH3 is 2. The molecule has 0 saturated carbocycles. The van der Waals surface area contributed by atoms with E-state index in [1.54, 1.807) is 32.4 Å². The van der Waals surface area contributed by atoms with Gasteiger partial charge in [0.15, 0.2) is 0 Å². The second-order valence-electron chi connectivity index (χ2n) is 6.48. The van der Waals surface area contributed by atoms with Crippen LogP contribution >= 0.6 is 0 Å². The van der Waals surface area contributed by atoms with Gasteiger partial charge in [-0.05, 0) is 43.4 Å². The molecule has 27 heavy (non-hydrogen) atoms. The Balaban J connectivity index is 1.61. The van der Waals surface area contributed by atoms with Gasteiger partial charge in [0, 0.05) is 43.6 Å². The van der Waals surface area contributed by atoms with E-state index in [0.717, 1.165) is 31.9 Å². The van der Waals surface area contributed by atoms with Gasteiger partial charge >= 0.3 is 6.03 Å². The summed E-state index contributed by atoms with van der Waals surface area (Å²) >= 11 is 0. The molecule has 0 atom stereocenters. The van der Waals surface area contributed by atoms with Crippen molar-refractivity contribution in [1.82, 2.24) is 4.90 Å². The highest BCUT2D eigenvalue weighted by Gasteiger charge is 2.14. The number of ether oxygens (including phenoxy) is 2. The Hall–Kier alpha value is -2.93. The first-order valence-corrected chi connectivity index (χ1v) is 8.92. The highest BCUT2D eigenvalue weighted by molar-refractivity contribution is 6.00. The van der Waals surface area contributed by atoms with Gasteiger partial charge in [0.1, 0.15) is 11.5 Å². The molecular weight excluding hydrogens is 344 g/mol. The number of benzene rings is 2. The summed E-state index contributed by atoms with van der Waals surface area (Å²) in [5.74, 6) is 1.21. The van der Waals surface area contributed by atoms with E-state index in [1.165, 1.54) is 5.69 Å². The fourth-order valence-electron chi connectivity index (χ4n) is 3.02. The third-order valence-electron chi connectivity index (χ3n) is 4.65. The van der Waals surface area contributed by atoms with Crippen LogP contribution in [0.3, 0.4) is 0 Å². The monoisotopic (exact) mass is 370 g/mol. The zero-order valence-corrected chi connectivity index (χ0v) is 16.0. The molecule has 2 N–H and O–H groups in total. The molecule has 0 radical (unpaired) electrons. The first-order chi connectivity index (χ1) is 13.1. The molecule has 2 amide bonds. The van der Waals surface area contributed by atoms with Crippen molar-refractivity contribution >= 4 is 23.1 Å². The van der Waals surface area contributed by atoms with Crippen molar-refractivity contribution in [3.8, 4) is 11.5 Å². The molecule has 7 heteroatoms. The maximum absolute atomic E-state index is 12.3. The minimum atomic E-state index is -0.339. The van der Waals surface area contributed by atoms with Crippen LogP contribution in [0.15, 0.2) is 42.5 Å². The molecule has 0 aliphatic carbocycles. The van der Waals surface area contributed by atoms with Crippen molar-refractivity contribution in [3.05, 3.63) is 42.5 Å². The van der Waals surface area contributed by atoms with Gasteiger partial charge in [0.25, 0.3) is 0 Å². The maximum Gasteiger partial charge on any atom is 0.323 e. The van der Waals surface area contributed by atoms with Gasteiger partial charge in [-0.3, -0.25) is 0 Å². The summed E-state index contributed by atoms with van der Waals surface area (Å²) in [7, 11) is 5.27. The van der Waals surface area contributed by atoms with Crippen molar-refractivity contribution in [2.45, 2.75) is 0 Å². The van der Waals surface area contributed by atoms with Gasteiger partial charge in [-0.2, -0.15) is 0 Å². The minimum Gasteiger partial charge on any atom is -0.497 e. The summed E-state index contributed by atoms with van der Waals surface area (Å²) in [5.41, 5.74) is 2.44. The molecule has 0 unspecified atom stereocenters. The van der Waals surface area contributed by atoms with E-state index in [1.807, 2.05) is 24.3 Å². The van der Waals surface area contributed by atoms with E-state index in [4.69, 9.17) is 9.47 Å². The molecule has 1 saturated heterocycles. The number of nitrogens with one attached hydrogen (secondary N) is 2. The van der Waals surface area contributed by atoms with E-state index in [-0.39, 0.29) is 6.03 Å². The number of anilines is 3. The van der Waals surface area contributed by atoms with Crippen molar-refractivity contribution in [2.24, 2.45) is 0 Å². The van der Waals surface area contributed by atoms with E-state index >= 15 is 0 Å². The zero-order chi connectivity index (χ0) is 19.2. The lowest BCUT2D eigenvalue weighted by Crippen LogP contribution is -2.44. The predicted molar refractivity (Wildman–Crippen MR) is 108 cm³/mol. The standard InChI is InChI=1S/C20H26N4O3/c1-23-10-12-24(13-11-23)16-6-4-15(5-7-16)21-20(25)22-18-14-17(26-2)8-9-19(18)27-3/h4-9,14H,10-13H2,1-3H3,(H2,21,22,25). The SMILES string of the molecule is COc1ccc(OC)c(NC(=O)Nc2ccc(N3CCN(C)CC3)cc2)c1. The molecule has 1 fully saturated rings. The second-order valence-corrected chi connectivity index (χ2v) is 6.48. The van der Waals surface area contributed by atoms with Crippen LogP contribution in [-0.2, 0) is 0 Å². The van der Waals surface area contributed by atoms with Crippen LogP contribution in [0, 0.1) is 0 Å². The topological polar surface area (TPSA) is 66.1 Å². The molecular formula is C20H26N4O3. The molecule has 144 valence electrons. The molecule has 0 bridgehead atoms. The third-order valence-corrected chi connectivity index (χ3v) is 4.65. The lowest BCUT2D eigenvalue weighted by Gasteiger charge is -2.34. The van der Waals surface area contributed by atoms with Crippen molar-refractivity contribution in [1.29, 1.82) is 0 Å². The van der Waals surface area contributed by atoms with Crippen LogP contribution in [-0.4, -0.2) is 58.4 Å². The molecule has 0 spiro atoms. The minimum absolute atomic E-state index is 0.339. The summed E-state index contributed by atoms with van der Waals surface area (Å²) < 4.78 is 10.5. The first-order valence-electron chi connectivity index (χ1n) is 8.92. The predicted octanol–water partition coefficient (Wildman–Crippen LogP) is 3.10. The number of rotatable bonds is 5. The van der Waals surface area contributed by atoms with E-state index in [2.05, 4.69) is 27.5 Å². The summed E-state index contributed by atoms with van der Waals surface area (Å²) in [4.78, 5) is 17.0. The number of hydrogen-bond donors (Lipinski definition) is 2. The molecule has 0 aromatic heterocycles. The van der Waals surface area contributed by atoms with Crippen LogP contribution in [0.4, 0.5) is 21.9 Å². The molecule has 3 rings (SSSR count). The van der Waals surface area contributed by atoms with E-state index in [0.29, 0.717) is 17.2 Å². The van der Waals surface area contributed by atoms with E-state index in [9.17, 15) is 4.79 Å². The van der Waals surface area contributed by atoms with Crippen molar-refractivity contribution in [3.63, 3.8) is 0 Å². The molecule has 2 aromatic rings. The highest BCUT2D eigenvalue weighted by atomic mass is 16.5. The Morgan fingerprint density at radius 3 is 2.26 bits per heavy atom. The van der Waals surface area contributed by atoms with Crippen LogP contribution in [0.2, 0.25) is 0 Å². The van der Waals surface area contributed by atoms with E-state index < -0.39 is 0 Å². The number of piperazine rings is 1. The van der Waals surface area contributed by atoms with Crippen molar-refractivity contribution in [2.75, 3.05) is 63.0 Å². The lowest BCUT2D eigenvalue weighted by molar-refractivity contribution is 0.262. The summed E-state index contributed by atoms with van der Waals surface area (Å²) in [6.07, 6.45) is 0. The van der Waals surface area contributed by atoms with Gasteiger partial charge in [-0.1, -0.05) is 0 Å². The number of likely N-dealkylation sites (N-methyl/N-ethyl adjacent to an activating group) is 1. The average Bonchev–Trinajstić information content (AvgIpc) is 2.69. The van der Waals surface area contributed by atoms with Gasteiger partial charge in [-0.15, -0.1) is 0 Å². The molecule has 1 aliphatic heterocycles. The highest BCUT2D eigenvalue weighted by Crippen LogP contribution is 2.29. The first kappa shape index (κ1) is 18.8. The largest absolute Gasteiger partial charge is 0.497 e. The molecule has 1 heterocycles. The molecule has 2 aromatic carbocycles. The van der Waals surface area contributed by atoms with Gasteiger partial charge < -0.3 is 29.9 Å². The Morgan fingerprint density at radius 2 is 1.63 bits per heavy atom. The molecule has 1 aliphatic rings. The fourth-order valence-corrected chi connectivity index (χ4v) is 3.02. The summed E-state index contributed by atoms with van der Waals surface area (Å²) in [6, 6.07) is 12.8. The van der Waals surface area contributed by atoms with Gasteiger partial charge in [0.05, 0.1) is 19.9 Å². The third kappa shape index (κ3) is 4.83.